The molecule has 0 atom stereocenters. The van der Waals surface area contributed by atoms with Gasteiger partial charge in [-0.05, 0) is 49.5 Å². The Morgan fingerprint density at radius 2 is 1.85 bits per heavy atom. The SMILES string of the molecule is O=C(c1ccc2ccccc2c1O)C12CCC(CC1)C2. The highest BCUT2D eigenvalue weighted by Gasteiger charge is 2.50. The average Bonchev–Trinajstić information content (AvgIpc) is 3.09. The number of benzene rings is 2. The van der Waals surface area contributed by atoms with Gasteiger partial charge in [-0.25, -0.2) is 0 Å². The molecule has 2 aliphatic carbocycles. The van der Waals surface area contributed by atoms with Gasteiger partial charge in [0.2, 0.25) is 0 Å². The minimum atomic E-state index is -0.176. The number of rotatable bonds is 2. The minimum absolute atomic E-state index is 0.165. The van der Waals surface area contributed by atoms with Crippen molar-refractivity contribution in [3.8, 4) is 5.75 Å². The number of phenolic OH excluding ortho intramolecular Hbond substituents is 1. The molecular formula is C18H18O2. The summed E-state index contributed by atoms with van der Waals surface area (Å²) in [6.45, 7) is 0. The van der Waals surface area contributed by atoms with Gasteiger partial charge >= 0.3 is 0 Å². The molecule has 0 amide bonds. The summed E-state index contributed by atoms with van der Waals surface area (Å²) >= 11 is 0. The van der Waals surface area contributed by atoms with Crippen LogP contribution in [0.1, 0.15) is 42.5 Å². The number of aromatic hydroxyl groups is 1. The Bertz CT molecular complexity index is 694. The summed E-state index contributed by atoms with van der Waals surface area (Å²) in [5.74, 6) is 1.07. The van der Waals surface area contributed by atoms with Crippen molar-refractivity contribution in [3.05, 3.63) is 42.0 Å². The van der Waals surface area contributed by atoms with E-state index in [4.69, 9.17) is 0 Å². The third-order valence-electron chi connectivity index (χ3n) is 5.37. The van der Waals surface area contributed by atoms with Crippen LogP contribution in [0.5, 0.6) is 5.75 Å². The summed E-state index contributed by atoms with van der Waals surface area (Å²) in [6, 6.07) is 11.4. The van der Waals surface area contributed by atoms with E-state index in [0.717, 1.165) is 36.0 Å². The largest absolute Gasteiger partial charge is 0.507 e. The molecule has 2 bridgehead atoms. The number of phenols is 1. The molecule has 1 N–H and O–H groups in total. The third kappa shape index (κ3) is 1.54. The standard InChI is InChI=1S/C18H18O2/c19-16-14-4-2-1-3-13(14)5-6-15(16)17(20)18-9-7-12(11-18)8-10-18/h1-6,12,19H,7-11H2. The third-order valence-corrected chi connectivity index (χ3v) is 5.37. The van der Waals surface area contributed by atoms with E-state index in [9.17, 15) is 9.90 Å². The Labute approximate surface area is 118 Å². The van der Waals surface area contributed by atoms with Crippen LogP contribution in [0, 0.1) is 11.3 Å². The van der Waals surface area contributed by atoms with Gasteiger partial charge in [0.1, 0.15) is 5.75 Å². The zero-order chi connectivity index (χ0) is 13.7. The van der Waals surface area contributed by atoms with E-state index in [1.807, 2.05) is 30.3 Å². The summed E-state index contributed by atoms with van der Waals surface area (Å²) < 4.78 is 0. The molecule has 2 aliphatic rings. The van der Waals surface area contributed by atoms with Crippen LogP contribution >= 0.6 is 0 Å². The van der Waals surface area contributed by atoms with Gasteiger partial charge < -0.3 is 5.11 Å². The molecule has 4 rings (SSSR count). The van der Waals surface area contributed by atoms with Gasteiger partial charge in [-0.3, -0.25) is 4.79 Å². The summed E-state index contributed by atoms with van der Waals surface area (Å²) in [6.07, 6.45) is 5.39. The Balaban J connectivity index is 1.82. The molecule has 0 spiro atoms. The summed E-state index contributed by atoms with van der Waals surface area (Å²) in [4.78, 5) is 12.9. The molecule has 102 valence electrons. The molecule has 2 aromatic carbocycles. The fourth-order valence-electron chi connectivity index (χ4n) is 4.23. The topological polar surface area (TPSA) is 37.3 Å². The second-order valence-electron chi connectivity index (χ2n) is 6.44. The van der Waals surface area contributed by atoms with Crippen molar-refractivity contribution < 1.29 is 9.90 Å². The second kappa shape index (κ2) is 4.08. The molecule has 2 nitrogen and oxygen atoms in total. The Kier molecular flexibility index (Phi) is 2.44. The van der Waals surface area contributed by atoms with Crippen molar-refractivity contribution in [2.45, 2.75) is 32.1 Å². The smallest absolute Gasteiger partial charge is 0.172 e. The maximum absolute atomic E-state index is 12.9. The number of hydrogen-bond donors (Lipinski definition) is 1. The summed E-state index contributed by atoms with van der Waals surface area (Å²) in [7, 11) is 0. The maximum Gasteiger partial charge on any atom is 0.172 e. The molecule has 2 fully saturated rings. The van der Waals surface area contributed by atoms with Gasteiger partial charge in [-0.1, -0.05) is 30.3 Å². The van der Waals surface area contributed by atoms with E-state index in [0.29, 0.717) is 5.56 Å². The number of carbonyl (C=O) groups is 1. The zero-order valence-electron chi connectivity index (χ0n) is 11.4. The van der Waals surface area contributed by atoms with E-state index in [1.165, 1.54) is 12.8 Å². The van der Waals surface area contributed by atoms with Gasteiger partial charge in [0.15, 0.2) is 5.78 Å². The van der Waals surface area contributed by atoms with Crippen LogP contribution in [-0.4, -0.2) is 10.9 Å². The first-order chi connectivity index (χ1) is 9.70. The second-order valence-corrected chi connectivity index (χ2v) is 6.44. The maximum atomic E-state index is 12.9. The fraction of sp³-hybridized carbons (Fsp3) is 0.389. The first-order valence-corrected chi connectivity index (χ1v) is 7.45. The highest BCUT2D eigenvalue weighted by atomic mass is 16.3. The Morgan fingerprint density at radius 1 is 1.10 bits per heavy atom. The predicted molar refractivity (Wildman–Crippen MR) is 79.0 cm³/mol. The molecule has 0 radical (unpaired) electrons. The zero-order valence-corrected chi connectivity index (χ0v) is 11.4. The fourth-order valence-corrected chi connectivity index (χ4v) is 4.23. The van der Waals surface area contributed by atoms with Gasteiger partial charge in [0.05, 0.1) is 5.56 Å². The van der Waals surface area contributed by atoms with Gasteiger partial charge in [0.25, 0.3) is 0 Å². The van der Waals surface area contributed by atoms with E-state index >= 15 is 0 Å². The van der Waals surface area contributed by atoms with Crippen LogP contribution in [0.4, 0.5) is 0 Å². The molecule has 2 saturated carbocycles. The van der Waals surface area contributed by atoms with Crippen LogP contribution in [0.25, 0.3) is 10.8 Å². The monoisotopic (exact) mass is 266 g/mol. The average molecular weight is 266 g/mol. The number of Topliss-reactive ketones (excluding diaryl/α,β-unsaturated/α-hetero) is 1. The quantitative estimate of drug-likeness (QED) is 0.822. The first-order valence-electron chi connectivity index (χ1n) is 7.45. The molecule has 0 unspecified atom stereocenters. The lowest BCUT2D eigenvalue weighted by atomic mass is 9.77. The number of fused-ring (bicyclic) bond motifs is 3. The van der Waals surface area contributed by atoms with Crippen molar-refractivity contribution in [2.75, 3.05) is 0 Å². The predicted octanol–water partition coefficient (Wildman–Crippen LogP) is 4.31. The van der Waals surface area contributed by atoms with Crippen molar-refractivity contribution >= 4 is 16.6 Å². The van der Waals surface area contributed by atoms with Crippen LogP contribution in [0.2, 0.25) is 0 Å². The van der Waals surface area contributed by atoms with E-state index in [-0.39, 0.29) is 16.9 Å². The van der Waals surface area contributed by atoms with Crippen molar-refractivity contribution in [1.29, 1.82) is 0 Å². The molecule has 20 heavy (non-hydrogen) atoms. The lowest BCUT2D eigenvalue weighted by Gasteiger charge is -2.25. The summed E-state index contributed by atoms with van der Waals surface area (Å²) in [5.41, 5.74) is 0.344. The number of carbonyl (C=O) groups excluding carboxylic acids is 1. The highest BCUT2D eigenvalue weighted by molar-refractivity contribution is 6.07. The first kappa shape index (κ1) is 12.0. The van der Waals surface area contributed by atoms with Crippen LogP contribution in [-0.2, 0) is 0 Å². The number of hydrogen-bond acceptors (Lipinski definition) is 2. The molecule has 2 aromatic rings. The molecule has 2 heteroatoms. The summed E-state index contributed by atoms with van der Waals surface area (Å²) in [5, 5.41) is 12.2. The Hall–Kier alpha value is -1.83. The number of ketones is 1. The molecule has 0 aromatic heterocycles. The van der Waals surface area contributed by atoms with E-state index < -0.39 is 0 Å². The lowest BCUT2D eigenvalue weighted by molar-refractivity contribution is 0.0800. The molecular weight excluding hydrogens is 248 g/mol. The van der Waals surface area contributed by atoms with Gasteiger partial charge in [-0.15, -0.1) is 0 Å². The van der Waals surface area contributed by atoms with Crippen LogP contribution in [0.3, 0.4) is 0 Å². The van der Waals surface area contributed by atoms with Crippen molar-refractivity contribution in [1.82, 2.24) is 0 Å². The van der Waals surface area contributed by atoms with Gasteiger partial charge in [0, 0.05) is 10.8 Å². The van der Waals surface area contributed by atoms with E-state index in [1.54, 1.807) is 6.07 Å². The Morgan fingerprint density at radius 3 is 2.55 bits per heavy atom. The normalized spacial score (nSPS) is 28.1. The van der Waals surface area contributed by atoms with Crippen LogP contribution < -0.4 is 0 Å². The molecule has 0 saturated heterocycles. The van der Waals surface area contributed by atoms with Crippen molar-refractivity contribution in [3.63, 3.8) is 0 Å². The van der Waals surface area contributed by atoms with Gasteiger partial charge in [-0.2, -0.15) is 0 Å². The van der Waals surface area contributed by atoms with Crippen LogP contribution in [0.15, 0.2) is 36.4 Å². The van der Waals surface area contributed by atoms with E-state index in [2.05, 4.69) is 0 Å². The molecule has 0 heterocycles. The lowest BCUT2D eigenvalue weighted by Crippen LogP contribution is -2.26. The van der Waals surface area contributed by atoms with Crippen molar-refractivity contribution in [2.24, 2.45) is 11.3 Å². The minimum Gasteiger partial charge on any atom is -0.507 e. The highest BCUT2D eigenvalue weighted by Crippen LogP contribution is 2.56. The molecule has 0 aliphatic heterocycles.